The van der Waals surface area contributed by atoms with Crippen LogP contribution in [0.5, 0.6) is 5.75 Å². The number of amides is 1. The molecule has 8 heteroatoms. The van der Waals surface area contributed by atoms with Crippen LogP contribution in [0.15, 0.2) is 77.7 Å². The molecule has 0 unspecified atom stereocenters. The second-order valence-corrected chi connectivity index (χ2v) is 8.69. The predicted molar refractivity (Wildman–Crippen MR) is 133 cm³/mol. The van der Waals surface area contributed by atoms with Crippen molar-refractivity contribution >= 4 is 22.4 Å². The minimum absolute atomic E-state index is 0.146. The summed E-state index contributed by atoms with van der Waals surface area (Å²) < 4.78 is 42.4. The Hall–Kier alpha value is -4.07. The molecule has 0 spiro atoms. The maximum absolute atomic E-state index is 13.1. The lowest BCUT2D eigenvalue weighted by Gasteiger charge is -2.12. The minimum atomic E-state index is -4.76. The highest BCUT2D eigenvalue weighted by Crippen LogP contribution is 2.24. The third-order valence-corrected chi connectivity index (χ3v) is 5.92. The monoisotopic (exact) mass is 494 g/mol. The van der Waals surface area contributed by atoms with Gasteiger partial charge in [0.2, 0.25) is 5.91 Å². The molecule has 1 N–H and O–H groups in total. The van der Waals surface area contributed by atoms with Crippen LogP contribution in [-0.2, 0) is 17.8 Å². The van der Waals surface area contributed by atoms with Crippen molar-refractivity contribution in [1.82, 2.24) is 4.57 Å². The van der Waals surface area contributed by atoms with Gasteiger partial charge in [0.05, 0.1) is 6.54 Å². The molecule has 0 fully saturated rings. The fourth-order valence-corrected chi connectivity index (χ4v) is 4.13. The van der Waals surface area contributed by atoms with Crippen LogP contribution < -0.4 is 15.6 Å². The van der Waals surface area contributed by atoms with E-state index in [2.05, 4.69) is 16.1 Å². The Morgan fingerprint density at radius 3 is 2.42 bits per heavy atom. The normalized spacial score (nSPS) is 11.5. The van der Waals surface area contributed by atoms with Crippen LogP contribution in [0.2, 0.25) is 0 Å². The Bertz CT molecular complexity index is 1460. The van der Waals surface area contributed by atoms with Crippen molar-refractivity contribution in [3.05, 3.63) is 106 Å². The summed E-state index contributed by atoms with van der Waals surface area (Å²) in [6, 6.07) is 18.4. The highest BCUT2D eigenvalue weighted by Gasteiger charge is 2.30. The number of halogens is 3. The van der Waals surface area contributed by atoms with E-state index in [1.165, 1.54) is 34.4 Å². The number of ether oxygens (including phenoxy) is 1. The SMILES string of the molecule is Cc1ccc(CCC(=O)Nc2cccc3c(=O)n(Cc4ccc(OC(F)(F)F)cc4)ccc23)c(C)c1. The number of hydrogen-bond acceptors (Lipinski definition) is 3. The number of pyridine rings is 1. The number of anilines is 1. The van der Waals surface area contributed by atoms with Crippen molar-refractivity contribution < 1.29 is 22.7 Å². The van der Waals surface area contributed by atoms with E-state index in [9.17, 15) is 22.8 Å². The molecule has 0 saturated heterocycles. The molecular weight excluding hydrogens is 469 g/mol. The maximum atomic E-state index is 13.1. The van der Waals surface area contributed by atoms with Crippen LogP contribution in [0.25, 0.3) is 10.8 Å². The van der Waals surface area contributed by atoms with Crippen molar-refractivity contribution in [1.29, 1.82) is 0 Å². The van der Waals surface area contributed by atoms with Crippen molar-refractivity contribution in [3.63, 3.8) is 0 Å². The average molecular weight is 495 g/mol. The summed E-state index contributed by atoms with van der Waals surface area (Å²) in [7, 11) is 0. The molecule has 0 saturated carbocycles. The van der Waals surface area contributed by atoms with Gasteiger partial charge in [-0.2, -0.15) is 0 Å². The summed E-state index contributed by atoms with van der Waals surface area (Å²) in [6.45, 7) is 4.23. The van der Waals surface area contributed by atoms with Crippen LogP contribution in [-0.4, -0.2) is 16.8 Å². The summed E-state index contributed by atoms with van der Waals surface area (Å²) >= 11 is 0. The number of nitrogens with zero attached hydrogens (tertiary/aromatic N) is 1. The number of hydrogen-bond donors (Lipinski definition) is 1. The first-order chi connectivity index (χ1) is 17.1. The number of alkyl halides is 3. The van der Waals surface area contributed by atoms with Gasteiger partial charge < -0.3 is 14.6 Å². The van der Waals surface area contributed by atoms with E-state index in [1.807, 2.05) is 26.0 Å². The molecule has 0 aliphatic rings. The molecule has 36 heavy (non-hydrogen) atoms. The topological polar surface area (TPSA) is 60.3 Å². The quantitative estimate of drug-likeness (QED) is 0.336. The third kappa shape index (κ3) is 6.13. The predicted octanol–water partition coefficient (Wildman–Crippen LogP) is 6.14. The lowest BCUT2D eigenvalue weighted by Crippen LogP contribution is -2.21. The molecule has 0 aliphatic carbocycles. The number of rotatable bonds is 7. The number of aromatic nitrogens is 1. The Labute approximate surface area is 206 Å². The lowest BCUT2D eigenvalue weighted by atomic mass is 10.0. The Kier molecular flexibility index (Phi) is 7.15. The zero-order valence-corrected chi connectivity index (χ0v) is 19.9. The smallest absolute Gasteiger partial charge is 0.406 e. The Balaban J connectivity index is 1.48. The van der Waals surface area contributed by atoms with Crippen LogP contribution >= 0.6 is 0 Å². The first kappa shape index (κ1) is 25.0. The molecule has 4 aromatic rings. The highest BCUT2D eigenvalue weighted by atomic mass is 19.4. The average Bonchev–Trinajstić information content (AvgIpc) is 2.81. The molecule has 0 radical (unpaired) electrons. The van der Waals surface area contributed by atoms with Crippen molar-refractivity contribution in [2.75, 3.05) is 5.32 Å². The van der Waals surface area contributed by atoms with E-state index in [4.69, 9.17) is 0 Å². The van der Waals surface area contributed by atoms with Crippen molar-refractivity contribution in [2.45, 2.75) is 39.6 Å². The third-order valence-electron chi connectivity index (χ3n) is 5.92. The molecular formula is C28H25F3N2O3. The molecule has 5 nitrogen and oxygen atoms in total. The minimum Gasteiger partial charge on any atom is -0.406 e. The van der Waals surface area contributed by atoms with Gasteiger partial charge in [0.15, 0.2) is 0 Å². The van der Waals surface area contributed by atoms with Crippen LogP contribution in [0.4, 0.5) is 18.9 Å². The molecule has 186 valence electrons. The molecule has 0 bridgehead atoms. The number of benzene rings is 3. The highest BCUT2D eigenvalue weighted by molar-refractivity contribution is 6.01. The van der Waals surface area contributed by atoms with Gasteiger partial charge in [0, 0.05) is 29.1 Å². The van der Waals surface area contributed by atoms with Crippen molar-refractivity contribution in [3.8, 4) is 5.75 Å². The van der Waals surface area contributed by atoms with E-state index in [0.717, 1.165) is 11.1 Å². The van der Waals surface area contributed by atoms with E-state index < -0.39 is 6.36 Å². The summed E-state index contributed by atoms with van der Waals surface area (Å²) in [6.07, 6.45) is -2.23. The lowest BCUT2D eigenvalue weighted by molar-refractivity contribution is -0.274. The van der Waals surface area contributed by atoms with Gasteiger partial charge >= 0.3 is 6.36 Å². The van der Waals surface area contributed by atoms with E-state index in [1.54, 1.807) is 30.5 Å². The number of fused-ring (bicyclic) bond motifs is 1. The number of carbonyl (C=O) groups is 1. The standard InChI is InChI=1S/C28H25F3N2O3/c1-18-6-9-21(19(2)16-18)10-13-26(34)32-25-5-3-4-24-23(25)14-15-33(27(24)35)17-20-7-11-22(12-8-20)36-28(29,30)31/h3-9,11-12,14-16H,10,13,17H2,1-2H3,(H,32,34). The van der Waals surface area contributed by atoms with Crippen molar-refractivity contribution in [2.24, 2.45) is 0 Å². The summed E-state index contributed by atoms with van der Waals surface area (Å²) in [5, 5.41) is 3.96. The van der Waals surface area contributed by atoms with E-state index >= 15 is 0 Å². The molecule has 1 heterocycles. The summed E-state index contributed by atoms with van der Waals surface area (Å²) in [4.78, 5) is 25.7. The Morgan fingerprint density at radius 1 is 0.972 bits per heavy atom. The molecule has 1 aromatic heterocycles. The van der Waals surface area contributed by atoms with Gasteiger partial charge in [-0.25, -0.2) is 0 Å². The van der Waals surface area contributed by atoms with Crippen LogP contribution in [0.1, 0.15) is 28.7 Å². The van der Waals surface area contributed by atoms with E-state index in [0.29, 0.717) is 34.9 Å². The van der Waals surface area contributed by atoms with Gasteiger partial charge in [-0.3, -0.25) is 9.59 Å². The fraction of sp³-hybridized carbons (Fsp3) is 0.214. The van der Waals surface area contributed by atoms with Gasteiger partial charge in [-0.1, -0.05) is 42.0 Å². The summed E-state index contributed by atoms with van der Waals surface area (Å²) in [5.41, 5.74) is 4.37. The molecule has 3 aromatic carbocycles. The van der Waals surface area contributed by atoms with Gasteiger partial charge in [-0.05, 0) is 67.3 Å². The summed E-state index contributed by atoms with van der Waals surface area (Å²) in [5.74, 6) is -0.470. The largest absolute Gasteiger partial charge is 0.573 e. The molecule has 4 rings (SSSR count). The molecule has 0 aliphatic heterocycles. The van der Waals surface area contributed by atoms with Gasteiger partial charge in [-0.15, -0.1) is 13.2 Å². The van der Waals surface area contributed by atoms with Crippen LogP contribution in [0, 0.1) is 13.8 Å². The second-order valence-electron chi connectivity index (χ2n) is 8.69. The van der Waals surface area contributed by atoms with Gasteiger partial charge in [0.1, 0.15) is 5.75 Å². The first-order valence-corrected chi connectivity index (χ1v) is 11.4. The second kappa shape index (κ2) is 10.3. The number of carbonyl (C=O) groups excluding carboxylic acids is 1. The zero-order chi connectivity index (χ0) is 25.9. The number of nitrogens with one attached hydrogen (secondary N) is 1. The first-order valence-electron chi connectivity index (χ1n) is 11.4. The molecule has 1 amide bonds. The Morgan fingerprint density at radius 2 is 1.72 bits per heavy atom. The number of aryl methyl sites for hydroxylation is 3. The maximum Gasteiger partial charge on any atom is 0.573 e. The molecule has 0 atom stereocenters. The van der Waals surface area contributed by atoms with E-state index in [-0.39, 0.29) is 23.8 Å². The van der Waals surface area contributed by atoms with Crippen LogP contribution in [0.3, 0.4) is 0 Å². The zero-order valence-electron chi connectivity index (χ0n) is 19.9. The van der Waals surface area contributed by atoms with Gasteiger partial charge in [0.25, 0.3) is 5.56 Å². The fourth-order valence-electron chi connectivity index (χ4n) is 4.13.